The van der Waals surface area contributed by atoms with E-state index in [0.717, 1.165) is 6.29 Å². The lowest BCUT2D eigenvalue weighted by atomic mass is 9.78. The van der Waals surface area contributed by atoms with Gasteiger partial charge in [-0.05, 0) is 42.3 Å². The van der Waals surface area contributed by atoms with Crippen LogP contribution in [-0.4, -0.2) is 32.3 Å². The van der Waals surface area contributed by atoms with Gasteiger partial charge in [0.15, 0.2) is 5.78 Å². The van der Waals surface area contributed by atoms with Gasteiger partial charge in [-0.25, -0.2) is 9.18 Å². The molecule has 148 valence electrons. The summed E-state index contributed by atoms with van der Waals surface area (Å²) in [6, 6.07) is 8.65. The molecule has 0 aliphatic heterocycles. The number of halogens is 1. The lowest BCUT2D eigenvalue weighted by Gasteiger charge is -2.24. The van der Waals surface area contributed by atoms with Crippen LogP contribution < -0.4 is 4.74 Å². The fraction of sp³-hybridized carbons (Fsp3) is 0.318. The number of carbonyl (C=O) groups is 3. The van der Waals surface area contributed by atoms with Crippen molar-refractivity contribution in [2.75, 3.05) is 14.2 Å². The molecule has 0 radical (unpaired) electrons. The van der Waals surface area contributed by atoms with E-state index in [1.54, 1.807) is 13.8 Å². The lowest BCUT2D eigenvalue weighted by Crippen LogP contribution is -2.25. The second kappa shape index (κ2) is 8.78. The van der Waals surface area contributed by atoms with Crippen molar-refractivity contribution in [2.45, 2.75) is 26.7 Å². The number of rotatable bonds is 8. The SMILES string of the molecule is COC(=O)c1ccc(-c2cc(OC)ccc2F)c(C(=O)C(C)(C)CCC=O)c1. The molecule has 0 N–H and O–H groups in total. The van der Waals surface area contributed by atoms with E-state index in [2.05, 4.69) is 0 Å². The Morgan fingerprint density at radius 1 is 1.07 bits per heavy atom. The number of esters is 1. The summed E-state index contributed by atoms with van der Waals surface area (Å²) in [5.41, 5.74) is 0.0216. The van der Waals surface area contributed by atoms with E-state index in [-0.39, 0.29) is 28.9 Å². The van der Waals surface area contributed by atoms with Crippen LogP contribution in [0.5, 0.6) is 5.75 Å². The number of Topliss-reactive ketones (excluding diaryl/α,β-unsaturated/α-hetero) is 1. The summed E-state index contributed by atoms with van der Waals surface area (Å²) < 4.78 is 24.5. The van der Waals surface area contributed by atoms with Gasteiger partial charge in [0, 0.05) is 23.0 Å². The topological polar surface area (TPSA) is 69.7 Å². The monoisotopic (exact) mass is 386 g/mol. The molecule has 0 amide bonds. The molecule has 0 atom stereocenters. The third-order valence-electron chi connectivity index (χ3n) is 4.65. The largest absolute Gasteiger partial charge is 0.497 e. The zero-order valence-corrected chi connectivity index (χ0v) is 16.4. The number of hydrogen-bond acceptors (Lipinski definition) is 5. The maximum absolute atomic E-state index is 14.6. The molecule has 28 heavy (non-hydrogen) atoms. The predicted molar refractivity (Wildman–Crippen MR) is 103 cm³/mol. The Balaban J connectivity index is 2.68. The molecule has 0 saturated carbocycles. The third-order valence-corrected chi connectivity index (χ3v) is 4.65. The van der Waals surface area contributed by atoms with Crippen LogP contribution in [0.4, 0.5) is 4.39 Å². The van der Waals surface area contributed by atoms with Gasteiger partial charge in [-0.2, -0.15) is 0 Å². The number of ether oxygens (including phenoxy) is 2. The first kappa shape index (κ1) is 21.3. The number of ketones is 1. The van der Waals surface area contributed by atoms with E-state index in [9.17, 15) is 18.8 Å². The summed E-state index contributed by atoms with van der Waals surface area (Å²) in [6.07, 6.45) is 1.30. The van der Waals surface area contributed by atoms with Gasteiger partial charge in [0.1, 0.15) is 17.9 Å². The fourth-order valence-corrected chi connectivity index (χ4v) is 2.95. The number of benzene rings is 2. The van der Waals surface area contributed by atoms with Gasteiger partial charge in [-0.1, -0.05) is 19.9 Å². The van der Waals surface area contributed by atoms with Crippen molar-refractivity contribution in [1.29, 1.82) is 0 Å². The molecule has 6 heteroatoms. The first-order valence-electron chi connectivity index (χ1n) is 8.80. The van der Waals surface area contributed by atoms with Crippen molar-refractivity contribution in [2.24, 2.45) is 5.41 Å². The first-order chi connectivity index (χ1) is 13.2. The predicted octanol–water partition coefficient (Wildman–Crippen LogP) is 4.48. The second-order valence-electron chi connectivity index (χ2n) is 7.02. The molecular formula is C22H23FO5. The zero-order chi connectivity index (χ0) is 20.9. The Bertz CT molecular complexity index is 902. The number of methoxy groups -OCH3 is 2. The summed E-state index contributed by atoms with van der Waals surface area (Å²) in [5, 5.41) is 0. The normalized spacial score (nSPS) is 11.0. The molecule has 0 aliphatic carbocycles. The number of carbonyl (C=O) groups excluding carboxylic acids is 3. The van der Waals surface area contributed by atoms with Gasteiger partial charge in [0.2, 0.25) is 0 Å². The van der Waals surface area contributed by atoms with Gasteiger partial charge in [-0.15, -0.1) is 0 Å². The molecule has 5 nitrogen and oxygen atoms in total. The highest BCUT2D eigenvalue weighted by molar-refractivity contribution is 6.07. The maximum atomic E-state index is 14.6. The van der Waals surface area contributed by atoms with Crippen molar-refractivity contribution in [3.05, 3.63) is 53.3 Å². The average Bonchev–Trinajstić information content (AvgIpc) is 2.71. The molecule has 0 fully saturated rings. The Labute approximate surface area is 163 Å². The van der Waals surface area contributed by atoms with E-state index in [4.69, 9.17) is 9.47 Å². The van der Waals surface area contributed by atoms with Gasteiger partial charge >= 0.3 is 5.97 Å². The molecule has 2 aromatic carbocycles. The Kier molecular flexibility index (Phi) is 6.67. The van der Waals surface area contributed by atoms with Crippen LogP contribution in [0, 0.1) is 11.2 Å². The Morgan fingerprint density at radius 2 is 1.79 bits per heavy atom. The summed E-state index contributed by atoms with van der Waals surface area (Å²) in [6.45, 7) is 3.44. The van der Waals surface area contributed by atoms with Crippen LogP contribution in [0.15, 0.2) is 36.4 Å². The molecule has 0 saturated heterocycles. The minimum absolute atomic E-state index is 0.184. The molecule has 0 aliphatic rings. The van der Waals surface area contributed by atoms with Crippen molar-refractivity contribution in [3.63, 3.8) is 0 Å². The van der Waals surface area contributed by atoms with Crippen molar-refractivity contribution in [1.82, 2.24) is 0 Å². The molecule has 0 heterocycles. The fourth-order valence-electron chi connectivity index (χ4n) is 2.95. The Hall–Kier alpha value is -3.02. The van der Waals surface area contributed by atoms with Crippen LogP contribution in [0.1, 0.15) is 47.4 Å². The summed E-state index contributed by atoms with van der Waals surface area (Å²) >= 11 is 0. The van der Waals surface area contributed by atoms with Crippen LogP contribution in [0.2, 0.25) is 0 Å². The molecule has 2 aromatic rings. The van der Waals surface area contributed by atoms with Crippen LogP contribution in [0.25, 0.3) is 11.1 Å². The van der Waals surface area contributed by atoms with E-state index in [1.807, 2.05) is 0 Å². The molecular weight excluding hydrogens is 363 g/mol. The van der Waals surface area contributed by atoms with Crippen LogP contribution in [-0.2, 0) is 9.53 Å². The molecule has 2 rings (SSSR count). The highest BCUT2D eigenvalue weighted by Crippen LogP contribution is 2.35. The third kappa shape index (κ3) is 4.44. The van der Waals surface area contributed by atoms with Crippen LogP contribution >= 0.6 is 0 Å². The molecule has 0 spiro atoms. The van der Waals surface area contributed by atoms with Gasteiger partial charge < -0.3 is 14.3 Å². The quantitative estimate of drug-likeness (QED) is 0.380. The molecule has 0 aromatic heterocycles. The summed E-state index contributed by atoms with van der Waals surface area (Å²) in [5.74, 6) is -0.979. The molecule has 0 unspecified atom stereocenters. The minimum atomic E-state index is -0.875. The lowest BCUT2D eigenvalue weighted by molar-refractivity contribution is -0.108. The minimum Gasteiger partial charge on any atom is -0.497 e. The van der Waals surface area contributed by atoms with E-state index >= 15 is 0 Å². The highest BCUT2D eigenvalue weighted by Gasteiger charge is 2.31. The zero-order valence-electron chi connectivity index (χ0n) is 16.4. The second-order valence-corrected chi connectivity index (χ2v) is 7.02. The van der Waals surface area contributed by atoms with Gasteiger partial charge in [-0.3, -0.25) is 4.79 Å². The van der Waals surface area contributed by atoms with Gasteiger partial charge in [0.05, 0.1) is 19.8 Å². The average molecular weight is 386 g/mol. The van der Waals surface area contributed by atoms with E-state index < -0.39 is 17.2 Å². The Morgan fingerprint density at radius 3 is 2.39 bits per heavy atom. The number of aldehydes is 1. The van der Waals surface area contributed by atoms with Crippen molar-refractivity contribution in [3.8, 4) is 16.9 Å². The van der Waals surface area contributed by atoms with Crippen molar-refractivity contribution < 1.29 is 28.2 Å². The number of hydrogen-bond donors (Lipinski definition) is 0. The summed E-state index contributed by atoms with van der Waals surface area (Å²) in [4.78, 5) is 36.0. The molecule has 0 bridgehead atoms. The van der Waals surface area contributed by atoms with Crippen LogP contribution in [0.3, 0.4) is 0 Å². The smallest absolute Gasteiger partial charge is 0.337 e. The van der Waals surface area contributed by atoms with E-state index in [0.29, 0.717) is 17.7 Å². The first-order valence-corrected chi connectivity index (χ1v) is 8.80. The van der Waals surface area contributed by atoms with Gasteiger partial charge in [0.25, 0.3) is 0 Å². The standard InChI is InChI=1S/C22H23FO5/c1-22(2,10-5-11-24)20(25)18-12-14(21(26)28-4)6-8-16(18)17-13-15(27-3)7-9-19(17)23/h6-9,11-13H,5,10H2,1-4H3. The van der Waals surface area contributed by atoms with Crippen molar-refractivity contribution >= 4 is 18.0 Å². The maximum Gasteiger partial charge on any atom is 0.337 e. The van der Waals surface area contributed by atoms with E-state index in [1.165, 1.54) is 50.6 Å². The summed E-state index contributed by atoms with van der Waals surface area (Å²) in [7, 11) is 2.71. The highest BCUT2D eigenvalue weighted by atomic mass is 19.1.